The molecule has 4 bridgehead atoms. The van der Waals surface area contributed by atoms with E-state index in [0.717, 1.165) is 37.0 Å². The van der Waals surface area contributed by atoms with Gasteiger partial charge in [-0.2, -0.15) is 0 Å². The Morgan fingerprint density at radius 2 is 1.46 bits per heavy atom. The molecule has 4 aliphatic rings. The predicted octanol–water partition coefficient (Wildman–Crippen LogP) is 2.17. The minimum atomic E-state index is -0.310. The van der Waals surface area contributed by atoms with Gasteiger partial charge in [0.15, 0.2) is 0 Å². The van der Waals surface area contributed by atoms with Crippen LogP contribution in [0.15, 0.2) is 0 Å². The lowest BCUT2D eigenvalue weighted by molar-refractivity contribution is -0.147. The molecule has 146 valence electrons. The summed E-state index contributed by atoms with van der Waals surface area (Å²) < 4.78 is 5.01. The smallest absolute Gasteiger partial charge is 0.307 e. The van der Waals surface area contributed by atoms with Crippen molar-refractivity contribution in [1.29, 1.82) is 0 Å². The molecule has 0 heterocycles. The summed E-state index contributed by atoms with van der Waals surface area (Å²) in [5, 5.41) is 5.71. The summed E-state index contributed by atoms with van der Waals surface area (Å²) in [5.41, 5.74) is -0.161. The summed E-state index contributed by atoms with van der Waals surface area (Å²) in [6, 6.07) is 0. The van der Waals surface area contributed by atoms with Crippen LogP contribution in [0.5, 0.6) is 0 Å². The summed E-state index contributed by atoms with van der Waals surface area (Å²) >= 11 is 0. The van der Waals surface area contributed by atoms with Gasteiger partial charge < -0.3 is 15.4 Å². The van der Waals surface area contributed by atoms with Gasteiger partial charge >= 0.3 is 5.97 Å². The van der Waals surface area contributed by atoms with Crippen LogP contribution in [0.4, 0.5) is 0 Å². The third-order valence-electron chi connectivity index (χ3n) is 6.18. The molecule has 0 aliphatic heterocycles. The zero-order valence-corrected chi connectivity index (χ0v) is 16.0. The van der Waals surface area contributed by atoms with Gasteiger partial charge in [0.1, 0.15) is 0 Å². The molecule has 0 saturated heterocycles. The summed E-state index contributed by atoms with van der Waals surface area (Å²) in [6.07, 6.45) is 7.33. The van der Waals surface area contributed by atoms with Gasteiger partial charge in [0.05, 0.1) is 12.5 Å². The van der Waals surface area contributed by atoms with E-state index in [-0.39, 0.29) is 48.7 Å². The first-order valence-electron chi connectivity index (χ1n) is 10.1. The zero-order valence-electron chi connectivity index (χ0n) is 16.0. The number of hydrogen-bond donors (Lipinski definition) is 2. The van der Waals surface area contributed by atoms with E-state index in [1.807, 2.05) is 0 Å². The van der Waals surface area contributed by atoms with Crippen molar-refractivity contribution in [2.45, 2.75) is 71.3 Å². The van der Waals surface area contributed by atoms with Crippen molar-refractivity contribution in [1.82, 2.24) is 10.6 Å². The van der Waals surface area contributed by atoms with Crippen LogP contribution in [0.2, 0.25) is 0 Å². The standard InChI is InChI=1S/C20H32N2O4/c1-13(2)26-18(24)4-6-21-17(23)3-5-22-19(25)20-10-14-7-15(11-20)9-16(8-14)12-20/h13-16H,3-12H2,1-2H3,(H,21,23)(H,22,25). The second kappa shape index (κ2) is 7.97. The van der Waals surface area contributed by atoms with Crippen molar-refractivity contribution in [3.63, 3.8) is 0 Å². The second-order valence-electron chi connectivity index (χ2n) is 8.84. The van der Waals surface area contributed by atoms with Gasteiger partial charge in [-0.3, -0.25) is 14.4 Å². The highest BCUT2D eigenvalue weighted by molar-refractivity contribution is 5.84. The third-order valence-corrected chi connectivity index (χ3v) is 6.18. The van der Waals surface area contributed by atoms with E-state index in [2.05, 4.69) is 10.6 Å². The number of carbonyl (C=O) groups excluding carboxylic acids is 3. The van der Waals surface area contributed by atoms with Gasteiger partial charge in [-0.1, -0.05) is 0 Å². The SMILES string of the molecule is CC(C)OC(=O)CCNC(=O)CCNC(=O)C12CC3CC(CC(C3)C1)C2. The van der Waals surface area contributed by atoms with Crippen molar-refractivity contribution >= 4 is 17.8 Å². The fraction of sp³-hybridized carbons (Fsp3) is 0.850. The van der Waals surface area contributed by atoms with E-state index in [9.17, 15) is 14.4 Å². The third kappa shape index (κ3) is 4.57. The number of esters is 1. The molecule has 6 nitrogen and oxygen atoms in total. The van der Waals surface area contributed by atoms with E-state index in [0.29, 0.717) is 6.54 Å². The molecule has 4 aliphatic carbocycles. The minimum absolute atomic E-state index is 0.141. The van der Waals surface area contributed by atoms with E-state index >= 15 is 0 Å². The number of hydrogen-bond acceptors (Lipinski definition) is 4. The molecule has 2 amide bonds. The molecule has 0 aromatic heterocycles. The zero-order chi connectivity index (χ0) is 18.7. The predicted molar refractivity (Wildman–Crippen MR) is 97.1 cm³/mol. The van der Waals surface area contributed by atoms with Crippen molar-refractivity contribution in [2.24, 2.45) is 23.2 Å². The highest BCUT2D eigenvalue weighted by atomic mass is 16.5. The van der Waals surface area contributed by atoms with Gasteiger partial charge in [-0.15, -0.1) is 0 Å². The Hall–Kier alpha value is -1.59. The maximum atomic E-state index is 12.8. The van der Waals surface area contributed by atoms with Crippen molar-refractivity contribution in [2.75, 3.05) is 13.1 Å². The molecule has 4 fully saturated rings. The molecule has 0 spiro atoms. The summed E-state index contributed by atoms with van der Waals surface area (Å²) in [5.74, 6) is 1.91. The Morgan fingerprint density at radius 3 is 2.00 bits per heavy atom. The summed E-state index contributed by atoms with van der Waals surface area (Å²) in [4.78, 5) is 36.1. The molecule has 0 aromatic carbocycles. The maximum absolute atomic E-state index is 12.8. The average Bonchev–Trinajstić information content (AvgIpc) is 2.52. The highest BCUT2D eigenvalue weighted by Gasteiger charge is 2.54. The molecule has 6 heteroatoms. The molecule has 0 aromatic rings. The van der Waals surface area contributed by atoms with Gasteiger partial charge in [-0.25, -0.2) is 0 Å². The van der Waals surface area contributed by atoms with E-state index in [1.165, 1.54) is 19.3 Å². The molecule has 0 atom stereocenters. The Kier molecular flexibility index (Phi) is 5.88. The average molecular weight is 364 g/mol. The number of amides is 2. The van der Waals surface area contributed by atoms with Crippen LogP contribution >= 0.6 is 0 Å². The Morgan fingerprint density at radius 1 is 0.923 bits per heavy atom. The van der Waals surface area contributed by atoms with Gasteiger partial charge in [0.25, 0.3) is 0 Å². The van der Waals surface area contributed by atoms with Crippen molar-refractivity contribution < 1.29 is 19.1 Å². The normalized spacial score (nSPS) is 31.7. The first-order chi connectivity index (χ1) is 12.4. The fourth-order valence-corrected chi connectivity index (χ4v) is 5.58. The van der Waals surface area contributed by atoms with Crippen LogP contribution in [-0.2, 0) is 19.1 Å². The molecule has 26 heavy (non-hydrogen) atoms. The molecular weight excluding hydrogens is 332 g/mol. The summed E-state index contributed by atoms with van der Waals surface area (Å²) in [7, 11) is 0. The minimum Gasteiger partial charge on any atom is -0.463 e. The van der Waals surface area contributed by atoms with E-state index in [1.54, 1.807) is 13.8 Å². The quantitative estimate of drug-likeness (QED) is 0.647. The van der Waals surface area contributed by atoms with Crippen LogP contribution in [-0.4, -0.2) is 37.0 Å². The lowest BCUT2D eigenvalue weighted by atomic mass is 9.49. The van der Waals surface area contributed by atoms with Crippen LogP contribution in [0.3, 0.4) is 0 Å². The first-order valence-corrected chi connectivity index (χ1v) is 10.1. The largest absolute Gasteiger partial charge is 0.463 e. The van der Waals surface area contributed by atoms with E-state index in [4.69, 9.17) is 4.74 Å². The number of carbonyl (C=O) groups is 3. The molecular formula is C20H32N2O4. The van der Waals surface area contributed by atoms with Crippen molar-refractivity contribution in [3.8, 4) is 0 Å². The molecule has 4 saturated carbocycles. The highest BCUT2D eigenvalue weighted by Crippen LogP contribution is 2.60. The monoisotopic (exact) mass is 364 g/mol. The van der Waals surface area contributed by atoms with Crippen LogP contribution in [0.1, 0.15) is 65.2 Å². The van der Waals surface area contributed by atoms with Crippen LogP contribution < -0.4 is 10.6 Å². The second-order valence-corrected chi connectivity index (χ2v) is 8.84. The van der Waals surface area contributed by atoms with Gasteiger partial charge in [0.2, 0.25) is 11.8 Å². The van der Waals surface area contributed by atoms with Crippen molar-refractivity contribution in [3.05, 3.63) is 0 Å². The molecule has 2 N–H and O–H groups in total. The molecule has 0 radical (unpaired) electrons. The number of rotatable bonds is 8. The Labute approximate surface area is 155 Å². The number of ether oxygens (including phenoxy) is 1. The van der Waals surface area contributed by atoms with Gasteiger partial charge in [0, 0.05) is 24.9 Å². The Balaban J connectivity index is 1.34. The first kappa shape index (κ1) is 19.2. The summed E-state index contributed by atoms with van der Waals surface area (Å²) in [6.45, 7) is 4.22. The maximum Gasteiger partial charge on any atom is 0.307 e. The molecule has 0 unspecified atom stereocenters. The number of nitrogens with one attached hydrogen (secondary N) is 2. The lowest BCUT2D eigenvalue weighted by Crippen LogP contribution is -2.53. The topological polar surface area (TPSA) is 84.5 Å². The van der Waals surface area contributed by atoms with E-state index < -0.39 is 0 Å². The Bertz CT molecular complexity index is 523. The fourth-order valence-electron chi connectivity index (χ4n) is 5.58. The van der Waals surface area contributed by atoms with Crippen LogP contribution in [0.25, 0.3) is 0 Å². The lowest BCUT2D eigenvalue weighted by Gasteiger charge is -2.55. The molecule has 4 rings (SSSR count). The van der Waals surface area contributed by atoms with Gasteiger partial charge in [-0.05, 0) is 70.1 Å². The van der Waals surface area contributed by atoms with Crippen LogP contribution in [0, 0.1) is 23.2 Å².